The molecule has 3 aromatic carbocycles. The smallest absolute Gasteiger partial charge is 0.329 e. The maximum atomic E-state index is 13.2. The van der Waals surface area contributed by atoms with Crippen LogP contribution in [-0.4, -0.2) is 30.2 Å². The fraction of sp³-hybridized carbons (Fsp3) is 0.125. The standard InChI is InChI=1S/C24H19ClFNO4/c25-18-8-6-17(7-9-18)23(29)15-31-24(30)21(27-20-12-10-19(26)11-13-20)14-22(28)16-4-2-1-3-5-16/h1-13,21,27H,14-15H2/t21-/m1/s1. The lowest BCUT2D eigenvalue weighted by molar-refractivity contribution is -0.143. The average molecular weight is 440 g/mol. The summed E-state index contributed by atoms with van der Waals surface area (Å²) in [6, 6.07) is 19.0. The van der Waals surface area contributed by atoms with E-state index >= 15 is 0 Å². The lowest BCUT2D eigenvalue weighted by Gasteiger charge is -2.18. The van der Waals surface area contributed by atoms with Gasteiger partial charge in [0.2, 0.25) is 0 Å². The Hall–Kier alpha value is -3.51. The van der Waals surface area contributed by atoms with Crippen molar-refractivity contribution in [3.8, 4) is 0 Å². The molecule has 0 heterocycles. The molecule has 0 aliphatic rings. The van der Waals surface area contributed by atoms with Gasteiger partial charge in [-0.25, -0.2) is 9.18 Å². The molecule has 7 heteroatoms. The van der Waals surface area contributed by atoms with E-state index in [0.29, 0.717) is 21.8 Å². The van der Waals surface area contributed by atoms with Crippen molar-refractivity contribution in [1.29, 1.82) is 0 Å². The highest BCUT2D eigenvalue weighted by Gasteiger charge is 2.25. The van der Waals surface area contributed by atoms with Gasteiger partial charge in [-0.15, -0.1) is 0 Å². The molecule has 3 aromatic rings. The number of halogens is 2. The molecule has 0 saturated heterocycles. The Balaban J connectivity index is 1.70. The Morgan fingerprint density at radius 1 is 0.839 bits per heavy atom. The van der Waals surface area contributed by atoms with Crippen LogP contribution in [-0.2, 0) is 9.53 Å². The van der Waals surface area contributed by atoms with Crippen LogP contribution in [0.5, 0.6) is 0 Å². The SMILES string of the molecule is O=C(COC(=O)[C@@H](CC(=O)c1ccccc1)Nc1ccc(F)cc1)c1ccc(Cl)cc1. The fourth-order valence-corrected chi connectivity index (χ4v) is 2.95. The fourth-order valence-electron chi connectivity index (χ4n) is 2.82. The van der Waals surface area contributed by atoms with Gasteiger partial charge in [-0.05, 0) is 48.5 Å². The van der Waals surface area contributed by atoms with Crippen LogP contribution in [0.15, 0.2) is 78.9 Å². The van der Waals surface area contributed by atoms with E-state index in [0.717, 1.165) is 0 Å². The second-order valence-electron chi connectivity index (χ2n) is 6.73. The van der Waals surface area contributed by atoms with E-state index in [4.69, 9.17) is 16.3 Å². The predicted octanol–water partition coefficient (Wildman–Crippen LogP) is 4.96. The van der Waals surface area contributed by atoms with Crippen LogP contribution in [0, 0.1) is 5.82 Å². The summed E-state index contributed by atoms with van der Waals surface area (Å²) in [7, 11) is 0. The number of Topliss-reactive ketones (excluding diaryl/α,β-unsaturated/α-hetero) is 2. The number of carbonyl (C=O) groups is 3. The number of ketones is 2. The minimum absolute atomic E-state index is 0.199. The van der Waals surface area contributed by atoms with Crippen molar-refractivity contribution in [1.82, 2.24) is 0 Å². The van der Waals surface area contributed by atoms with E-state index in [1.807, 2.05) is 0 Å². The monoisotopic (exact) mass is 439 g/mol. The van der Waals surface area contributed by atoms with Crippen LogP contribution < -0.4 is 5.32 Å². The molecule has 0 amide bonds. The van der Waals surface area contributed by atoms with Crippen LogP contribution in [0.25, 0.3) is 0 Å². The quantitative estimate of drug-likeness (QED) is 0.377. The van der Waals surface area contributed by atoms with E-state index < -0.39 is 30.2 Å². The highest BCUT2D eigenvalue weighted by atomic mass is 35.5. The number of hydrogen-bond donors (Lipinski definition) is 1. The molecule has 5 nitrogen and oxygen atoms in total. The molecule has 3 rings (SSSR count). The van der Waals surface area contributed by atoms with Crippen molar-refractivity contribution in [3.05, 3.63) is 101 Å². The first-order valence-corrected chi connectivity index (χ1v) is 9.86. The molecule has 158 valence electrons. The number of ether oxygens (including phenoxy) is 1. The number of hydrogen-bond acceptors (Lipinski definition) is 5. The van der Waals surface area contributed by atoms with Crippen molar-refractivity contribution < 1.29 is 23.5 Å². The lowest BCUT2D eigenvalue weighted by atomic mass is 10.0. The Bertz CT molecular complexity index is 1050. The molecule has 0 radical (unpaired) electrons. The summed E-state index contributed by atoms with van der Waals surface area (Å²) in [5, 5.41) is 3.37. The topological polar surface area (TPSA) is 72.5 Å². The number of benzene rings is 3. The predicted molar refractivity (Wildman–Crippen MR) is 116 cm³/mol. The van der Waals surface area contributed by atoms with Crippen LogP contribution in [0.3, 0.4) is 0 Å². The third-order valence-corrected chi connectivity index (χ3v) is 4.72. The van der Waals surface area contributed by atoms with Gasteiger partial charge in [0.1, 0.15) is 11.9 Å². The molecular formula is C24H19ClFNO4. The second kappa shape index (κ2) is 10.5. The van der Waals surface area contributed by atoms with E-state index in [1.165, 1.54) is 36.4 Å². The molecule has 0 spiro atoms. The molecule has 1 atom stereocenters. The summed E-state index contributed by atoms with van der Waals surface area (Å²) in [4.78, 5) is 37.6. The van der Waals surface area contributed by atoms with Crippen LogP contribution in [0.1, 0.15) is 27.1 Å². The second-order valence-corrected chi connectivity index (χ2v) is 7.17. The summed E-state index contributed by atoms with van der Waals surface area (Å²) in [5.41, 5.74) is 1.23. The van der Waals surface area contributed by atoms with Crippen LogP contribution in [0.4, 0.5) is 10.1 Å². The summed E-state index contributed by atoms with van der Waals surface area (Å²) >= 11 is 5.81. The van der Waals surface area contributed by atoms with Crippen molar-refractivity contribution in [2.75, 3.05) is 11.9 Å². The zero-order valence-electron chi connectivity index (χ0n) is 16.4. The highest BCUT2D eigenvalue weighted by Crippen LogP contribution is 2.15. The van der Waals surface area contributed by atoms with Crippen molar-refractivity contribution in [3.63, 3.8) is 0 Å². The van der Waals surface area contributed by atoms with Crippen LogP contribution in [0.2, 0.25) is 5.02 Å². The highest BCUT2D eigenvalue weighted by molar-refractivity contribution is 6.30. The molecule has 0 aromatic heterocycles. The third kappa shape index (κ3) is 6.49. The lowest BCUT2D eigenvalue weighted by Crippen LogP contribution is -2.34. The Morgan fingerprint density at radius 3 is 2.10 bits per heavy atom. The zero-order chi connectivity index (χ0) is 22.2. The van der Waals surface area contributed by atoms with E-state index in [1.54, 1.807) is 42.5 Å². The Labute approximate surface area is 183 Å². The number of anilines is 1. The van der Waals surface area contributed by atoms with Gasteiger partial charge >= 0.3 is 5.97 Å². The van der Waals surface area contributed by atoms with E-state index in [2.05, 4.69) is 5.32 Å². The molecule has 0 aliphatic heterocycles. The molecule has 0 aliphatic carbocycles. The van der Waals surface area contributed by atoms with Gasteiger partial charge in [-0.1, -0.05) is 41.9 Å². The third-order valence-electron chi connectivity index (χ3n) is 4.47. The molecular weight excluding hydrogens is 421 g/mol. The number of nitrogens with one attached hydrogen (secondary N) is 1. The molecule has 0 saturated carbocycles. The Morgan fingerprint density at radius 2 is 1.45 bits per heavy atom. The summed E-state index contributed by atoms with van der Waals surface area (Å²) in [6.45, 7) is -0.485. The maximum absolute atomic E-state index is 13.2. The first-order valence-electron chi connectivity index (χ1n) is 9.48. The van der Waals surface area contributed by atoms with Gasteiger partial charge in [0.25, 0.3) is 0 Å². The number of carbonyl (C=O) groups excluding carboxylic acids is 3. The van der Waals surface area contributed by atoms with Crippen molar-refractivity contribution >= 4 is 34.8 Å². The normalized spacial score (nSPS) is 11.4. The summed E-state index contributed by atoms with van der Waals surface area (Å²) < 4.78 is 18.4. The first kappa shape index (κ1) is 22.2. The van der Waals surface area contributed by atoms with Crippen molar-refractivity contribution in [2.45, 2.75) is 12.5 Å². The number of esters is 1. The summed E-state index contributed by atoms with van der Waals surface area (Å²) in [6.07, 6.45) is -0.199. The van der Waals surface area contributed by atoms with Crippen molar-refractivity contribution in [2.24, 2.45) is 0 Å². The molecule has 31 heavy (non-hydrogen) atoms. The molecule has 0 unspecified atom stereocenters. The van der Waals surface area contributed by atoms with Crippen LogP contribution >= 0.6 is 11.6 Å². The molecule has 0 bridgehead atoms. The molecule has 1 N–H and O–H groups in total. The minimum atomic E-state index is -1.06. The maximum Gasteiger partial charge on any atom is 0.329 e. The number of rotatable bonds is 9. The van der Waals surface area contributed by atoms with Gasteiger partial charge in [-0.3, -0.25) is 9.59 Å². The Kier molecular flexibility index (Phi) is 7.51. The van der Waals surface area contributed by atoms with E-state index in [9.17, 15) is 18.8 Å². The first-order chi connectivity index (χ1) is 14.9. The molecule has 0 fully saturated rings. The van der Waals surface area contributed by atoms with Gasteiger partial charge in [0.05, 0.1) is 0 Å². The van der Waals surface area contributed by atoms with Gasteiger partial charge < -0.3 is 10.1 Å². The van der Waals surface area contributed by atoms with Gasteiger partial charge in [0, 0.05) is 28.3 Å². The average Bonchev–Trinajstić information content (AvgIpc) is 2.79. The minimum Gasteiger partial charge on any atom is -0.456 e. The van der Waals surface area contributed by atoms with E-state index in [-0.39, 0.29) is 12.2 Å². The summed E-state index contributed by atoms with van der Waals surface area (Å²) in [5.74, 6) is -1.88. The van der Waals surface area contributed by atoms with Gasteiger partial charge in [0.15, 0.2) is 18.2 Å². The largest absolute Gasteiger partial charge is 0.456 e. The van der Waals surface area contributed by atoms with Gasteiger partial charge in [-0.2, -0.15) is 0 Å². The zero-order valence-corrected chi connectivity index (χ0v) is 17.1.